The summed E-state index contributed by atoms with van der Waals surface area (Å²) in [4.78, 5) is 34.5. The minimum absolute atomic E-state index is 0.184. The van der Waals surface area contributed by atoms with E-state index in [1.54, 1.807) is 0 Å². The molecule has 0 aliphatic heterocycles. The molecule has 0 amide bonds. The van der Waals surface area contributed by atoms with Gasteiger partial charge in [-0.05, 0) is 64.2 Å². The number of rotatable bonds is 43. The molecular weight excluding hydrogens is 731 g/mol. The van der Waals surface area contributed by atoms with E-state index in [2.05, 4.69) is 38.2 Å². The lowest BCUT2D eigenvalue weighted by Crippen LogP contribution is -2.28. The van der Waals surface area contributed by atoms with Gasteiger partial charge in [-0.3, -0.25) is 18.6 Å². The number of phosphoric ester groups is 1. The van der Waals surface area contributed by atoms with Gasteiger partial charge >= 0.3 is 19.8 Å². The Bertz CT molecular complexity index is 988. The molecule has 0 aliphatic rings. The van der Waals surface area contributed by atoms with Crippen molar-refractivity contribution in [1.29, 1.82) is 0 Å². The van der Waals surface area contributed by atoms with Crippen molar-refractivity contribution in [3.63, 3.8) is 0 Å². The first-order valence-corrected chi connectivity index (χ1v) is 24.3. The molecule has 3 N–H and O–H groups in total. The van der Waals surface area contributed by atoms with E-state index in [4.69, 9.17) is 18.5 Å². The number of phosphoric acid groups is 1. The van der Waals surface area contributed by atoms with Gasteiger partial charge in [0.15, 0.2) is 0 Å². The van der Waals surface area contributed by atoms with Gasteiger partial charge < -0.3 is 24.6 Å². The summed E-state index contributed by atoms with van der Waals surface area (Å²) in [7, 11) is -4.64. The van der Waals surface area contributed by atoms with E-state index < -0.39 is 58.4 Å². The standard InChI is InChI=1S/C45H85O10P/c1-3-5-7-9-11-13-15-17-19-21-23-25-27-29-31-33-35-37-45(49)55-43(39-47)41-53-56(50,51)52-40-42(38-46)54-44(48)36-34-32-30-28-26-24-22-20-18-16-14-12-10-8-6-4-2/h17,19-20,22,42-43,46-47H,3-16,18,21,23-41H2,1-2H3,(H,50,51)/b19-17-,22-20-. The van der Waals surface area contributed by atoms with E-state index in [0.29, 0.717) is 12.8 Å². The molecular formula is C45H85O10P. The zero-order valence-electron chi connectivity index (χ0n) is 35.9. The summed E-state index contributed by atoms with van der Waals surface area (Å²) in [6.45, 7) is 2.21. The molecule has 0 saturated heterocycles. The molecule has 0 aromatic heterocycles. The molecule has 0 aromatic carbocycles. The molecule has 3 atom stereocenters. The average molecular weight is 817 g/mol. The van der Waals surface area contributed by atoms with Crippen LogP contribution in [0.15, 0.2) is 24.3 Å². The predicted octanol–water partition coefficient (Wildman–Crippen LogP) is 12.2. The number of aliphatic hydroxyl groups is 2. The van der Waals surface area contributed by atoms with Crippen LogP contribution in [0.4, 0.5) is 0 Å². The number of aliphatic hydroxyl groups excluding tert-OH is 2. The van der Waals surface area contributed by atoms with Gasteiger partial charge in [0.1, 0.15) is 12.2 Å². The summed E-state index contributed by atoms with van der Waals surface area (Å²) in [5.41, 5.74) is 0. The third-order valence-electron chi connectivity index (χ3n) is 9.89. The summed E-state index contributed by atoms with van der Waals surface area (Å²) in [5, 5.41) is 19.2. The van der Waals surface area contributed by atoms with Crippen molar-refractivity contribution in [3.8, 4) is 0 Å². The van der Waals surface area contributed by atoms with E-state index in [9.17, 15) is 29.3 Å². The van der Waals surface area contributed by atoms with Crippen molar-refractivity contribution in [2.75, 3.05) is 26.4 Å². The Morgan fingerprint density at radius 2 is 0.732 bits per heavy atom. The second-order valence-electron chi connectivity index (χ2n) is 15.4. The fourth-order valence-electron chi connectivity index (χ4n) is 6.34. The van der Waals surface area contributed by atoms with Gasteiger partial charge in [0.05, 0.1) is 26.4 Å². The average Bonchev–Trinajstić information content (AvgIpc) is 3.19. The maximum atomic E-state index is 12.4. The van der Waals surface area contributed by atoms with E-state index in [1.165, 1.54) is 116 Å². The fourth-order valence-corrected chi connectivity index (χ4v) is 7.12. The molecule has 3 unspecified atom stereocenters. The Hall–Kier alpha value is -1.55. The first kappa shape index (κ1) is 54.5. The van der Waals surface area contributed by atoms with Crippen LogP contribution in [0.5, 0.6) is 0 Å². The smallest absolute Gasteiger partial charge is 0.457 e. The van der Waals surface area contributed by atoms with Crippen LogP contribution in [0.2, 0.25) is 0 Å². The van der Waals surface area contributed by atoms with Gasteiger partial charge in [-0.15, -0.1) is 0 Å². The van der Waals surface area contributed by atoms with Gasteiger partial charge in [-0.1, -0.05) is 160 Å². The zero-order valence-corrected chi connectivity index (χ0v) is 36.8. The Morgan fingerprint density at radius 3 is 1.02 bits per heavy atom. The highest BCUT2D eigenvalue weighted by Gasteiger charge is 2.27. The molecule has 0 aromatic rings. The summed E-state index contributed by atoms with van der Waals surface area (Å²) in [6.07, 6.45) is 41.4. The molecule has 330 valence electrons. The summed E-state index contributed by atoms with van der Waals surface area (Å²) < 4.78 is 32.6. The lowest BCUT2D eigenvalue weighted by Gasteiger charge is -2.20. The van der Waals surface area contributed by atoms with Gasteiger partial charge in [0.25, 0.3) is 0 Å². The molecule has 0 spiro atoms. The number of esters is 2. The van der Waals surface area contributed by atoms with Crippen molar-refractivity contribution in [2.45, 2.75) is 225 Å². The predicted molar refractivity (Wildman–Crippen MR) is 228 cm³/mol. The van der Waals surface area contributed by atoms with Gasteiger partial charge in [0.2, 0.25) is 0 Å². The number of hydrogen-bond donors (Lipinski definition) is 3. The lowest BCUT2D eigenvalue weighted by molar-refractivity contribution is -0.153. The number of hydrogen-bond acceptors (Lipinski definition) is 9. The van der Waals surface area contributed by atoms with Gasteiger partial charge in [0, 0.05) is 12.8 Å². The van der Waals surface area contributed by atoms with E-state index >= 15 is 0 Å². The molecule has 0 bridgehead atoms. The van der Waals surface area contributed by atoms with E-state index in [0.717, 1.165) is 57.8 Å². The van der Waals surface area contributed by atoms with Crippen molar-refractivity contribution in [1.82, 2.24) is 0 Å². The van der Waals surface area contributed by atoms with Crippen LogP contribution >= 0.6 is 7.82 Å². The Kier molecular flexibility index (Phi) is 40.5. The number of allylic oxidation sites excluding steroid dienone is 4. The van der Waals surface area contributed by atoms with Crippen LogP contribution in [0.1, 0.15) is 213 Å². The maximum Gasteiger partial charge on any atom is 0.472 e. The minimum atomic E-state index is -4.64. The zero-order chi connectivity index (χ0) is 41.2. The van der Waals surface area contributed by atoms with Gasteiger partial charge in [-0.25, -0.2) is 4.57 Å². The van der Waals surface area contributed by atoms with Gasteiger partial charge in [-0.2, -0.15) is 0 Å². The third-order valence-corrected chi connectivity index (χ3v) is 10.8. The van der Waals surface area contributed by atoms with Crippen LogP contribution in [-0.2, 0) is 32.7 Å². The minimum Gasteiger partial charge on any atom is -0.457 e. The Labute approximate surface area is 342 Å². The fraction of sp³-hybridized carbons (Fsp3) is 0.867. The maximum absolute atomic E-state index is 12.4. The summed E-state index contributed by atoms with van der Waals surface area (Å²) >= 11 is 0. The molecule has 0 aliphatic carbocycles. The third kappa shape index (κ3) is 39.3. The van der Waals surface area contributed by atoms with E-state index in [-0.39, 0.29) is 12.8 Å². The summed E-state index contributed by atoms with van der Waals surface area (Å²) in [6, 6.07) is 0. The van der Waals surface area contributed by atoms with Crippen LogP contribution in [-0.4, -0.2) is 65.7 Å². The number of ether oxygens (including phenoxy) is 2. The molecule has 0 heterocycles. The highest BCUT2D eigenvalue weighted by molar-refractivity contribution is 7.47. The molecule has 56 heavy (non-hydrogen) atoms. The molecule has 11 heteroatoms. The topological polar surface area (TPSA) is 149 Å². The lowest BCUT2D eigenvalue weighted by atomic mass is 10.1. The number of carbonyl (C=O) groups is 2. The largest absolute Gasteiger partial charge is 0.472 e. The van der Waals surface area contributed by atoms with Crippen LogP contribution in [0.3, 0.4) is 0 Å². The molecule has 0 rings (SSSR count). The van der Waals surface area contributed by atoms with Crippen molar-refractivity contribution < 1.29 is 47.8 Å². The van der Waals surface area contributed by atoms with E-state index in [1.807, 2.05) is 0 Å². The highest BCUT2D eigenvalue weighted by Crippen LogP contribution is 2.43. The van der Waals surface area contributed by atoms with Crippen LogP contribution in [0.25, 0.3) is 0 Å². The molecule has 0 saturated carbocycles. The second kappa shape index (κ2) is 41.6. The van der Waals surface area contributed by atoms with Crippen LogP contribution in [0, 0.1) is 0 Å². The Morgan fingerprint density at radius 1 is 0.464 bits per heavy atom. The van der Waals surface area contributed by atoms with Crippen molar-refractivity contribution in [2.24, 2.45) is 0 Å². The highest BCUT2D eigenvalue weighted by atomic mass is 31.2. The Balaban J connectivity index is 3.91. The normalized spacial score (nSPS) is 14.0. The molecule has 0 radical (unpaired) electrons. The van der Waals surface area contributed by atoms with Crippen molar-refractivity contribution in [3.05, 3.63) is 24.3 Å². The quantitative estimate of drug-likeness (QED) is 0.0235. The van der Waals surface area contributed by atoms with Crippen molar-refractivity contribution >= 4 is 19.8 Å². The first-order valence-electron chi connectivity index (χ1n) is 22.8. The second-order valence-corrected chi connectivity index (χ2v) is 16.8. The summed E-state index contributed by atoms with van der Waals surface area (Å²) in [5.74, 6) is -1.03. The monoisotopic (exact) mass is 817 g/mol. The number of unbranched alkanes of at least 4 members (excludes halogenated alkanes) is 25. The first-order chi connectivity index (χ1) is 27.3. The van der Waals surface area contributed by atoms with Crippen LogP contribution < -0.4 is 0 Å². The number of carbonyl (C=O) groups excluding carboxylic acids is 2. The molecule has 10 nitrogen and oxygen atoms in total. The SMILES string of the molecule is CCCCCCCC/C=C\CCCCCCCCCC(=O)OC(CO)COP(=O)(O)OCC(CO)OC(=O)CCCCCCC/C=C\CCCCCCCCC. The molecule has 0 fully saturated rings.